The van der Waals surface area contributed by atoms with Crippen molar-refractivity contribution in [3.05, 3.63) is 0 Å². The number of hydrogen-bond donors (Lipinski definition) is 0. The largest absolute Gasteiger partial charge is 0.469 e. The smallest absolute Gasteiger partial charge is 0.307 e. The Balaban J connectivity index is 2.55. The van der Waals surface area contributed by atoms with Gasteiger partial charge in [-0.3, -0.25) is 9.69 Å². The van der Waals surface area contributed by atoms with E-state index in [4.69, 9.17) is 9.47 Å². The van der Waals surface area contributed by atoms with E-state index in [-0.39, 0.29) is 23.7 Å². The first-order valence-corrected chi connectivity index (χ1v) is 5.83. The number of rotatable bonds is 3. The number of carbonyl (C=O) groups is 1. The maximum Gasteiger partial charge on any atom is 0.307 e. The van der Waals surface area contributed by atoms with E-state index in [9.17, 15) is 4.79 Å². The summed E-state index contributed by atoms with van der Waals surface area (Å²) in [6.45, 7) is 10.0. The highest BCUT2D eigenvalue weighted by Gasteiger charge is 2.33. The summed E-state index contributed by atoms with van der Waals surface area (Å²) in [4.78, 5) is 13.5. The van der Waals surface area contributed by atoms with E-state index in [1.165, 1.54) is 7.11 Å². The van der Waals surface area contributed by atoms with E-state index in [1.54, 1.807) is 0 Å². The fourth-order valence-corrected chi connectivity index (χ4v) is 2.29. The van der Waals surface area contributed by atoms with Crippen molar-refractivity contribution in [2.45, 2.75) is 51.9 Å². The highest BCUT2D eigenvalue weighted by molar-refractivity contribution is 5.69. The van der Waals surface area contributed by atoms with Crippen molar-refractivity contribution in [1.82, 2.24) is 4.90 Å². The predicted octanol–water partition coefficient (Wildman–Crippen LogP) is 1.44. The van der Waals surface area contributed by atoms with E-state index in [0.717, 1.165) is 13.1 Å². The molecule has 2 atom stereocenters. The number of hydrogen-bond acceptors (Lipinski definition) is 4. The van der Waals surface area contributed by atoms with E-state index in [2.05, 4.69) is 32.6 Å². The molecule has 0 bridgehead atoms. The van der Waals surface area contributed by atoms with Crippen LogP contribution in [0.25, 0.3) is 0 Å². The molecule has 0 radical (unpaired) electrons. The predicted molar refractivity (Wildman–Crippen MR) is 62.3 cm³/mol. The maximum absolute atomic E-state index is 11.2. The van der Waals surface area contributed by atoms with Gasteiger partial charge in [0.1, 0.15) is 0 Å². The van der Waals surface area contributed by atoms with Gasteiger partial charge in [-0.25, -0.2) is 0 Å². The number of ether oxygens (including phenoxy) is 2. The lowest BCUT2D eigenvalue weighted by molar-refractivity contribution is -0.150. The highest BCUT2D eigenvalue weighted by Crippen LogP contribution is 2.23. The third kappa shape index (κ3) is 3.76. The molecule has 0 N–H and O–H groups in total. The fraction of sp³-hybridized carbons (Fsp3) is 0.917. The Bertz CT molecular complexity index is 253. The van der Waals surface area contributed by atoms with Crippen LogP contribution in [-0.2, 0) is 14.3 Å². The molecule has 2 unspecified atom stereocenters. The molecule has 0 aromatic heterocycles. The molecule has 1 fully saturated rings. The Labute approximate surface area is 97.9 Å². The second kappa shape index (κ2) is 5.15. The van der Waals surface area contributed by atoms with E-state index in [1.807, 2.05) is 0 Å². The third-order valence-electron chi connectivity index (χ3n) is 2.91. The average Bonchev–Trinajstić information content (AvgIpc) is 2.14. The topological polar surface area (TPSA) is 38.8 Å². The Morgan fingerprint density at radius 2 is 2.25 bits per heavy atom. The quantitative estimate of drug-likeness (QED) is 0.686. The molecule has 0 aliphatic carbocycles. The molecule has 0 aromatic rings. The van der Waals surface area contributed by atoms with Gasteiger partial charge in [0.25, 0.3) is 0 Å². The van der Waals surface area contributed by atoms with Crippen molar-refractivity contribution < 1.29 is 14.3 Å². The average molecular weight is 229 g/mol. The highest BCUT2D eigenvalue weighted by atomic mass is 16.5. The van der Waals surface area contributed by atoms with Crippen LogP contribution in [0, 0.1) is 0 Å². The Morgan fingerprint density at radius 1 is 1.62 bits per heavy atom. The summed E-state index contributed by atoms with van der Waals surface area (Å²) in [5.41, 5.74) is -0.137. The van der Waals surface area contributed by atoms with Crippen LogP contribution in [0.2, 0.25) is 0 Å². The second-order valence-corrected chi connectivity index (χ2v) is 5.25. The minimum atomic E-state index is -0.149. The van der Waals surface area contributed by atoms with Gasteiger partial charge in [0.15, 0.2) is 0 Å². The summed E-state index contributed by atoms with van der Waals surface area (Å²) in [6, 6.07) is 0.207. The molecule has 4 nitrogen and oxygen atoms in total. The number of esters is 1. The lowest BCUT2D eigenvalue weighted by Gasteiger charge is -2.44. The molecular weight excluding hydrogens is 206 g/mol. The van der Waals surface area contributed by atoms with Crippen LogP contribution in [0.15, 0.2) is 0 Å². The zero-order valence-electron chi connectivity index (χ0n) is 10.9. The SMILES string of the molecule is COC(=O)CC(C)N1CC(C)OC(C)(C)C1. The molecule has 4 heteroatoms. The summed E-state index contributed by atoms with van der Waals surface area (Å²) in [5.74, 6) is -0.149. The van der Waals surface area contributed by atoms with Gasteiger partial charge in [0.05, 0.1) is 25.2 Å². The van der Waals surface area contributed by atoms with E-state index in [0.29, 0.717) is 6.42 Å². The lowest BCUT2D eigenvalue weighted by Crippen LogP contribution is -2.54. The van der Waals surface area contributed by atoms with Crippen molar-refractivity contribution in [2.75, 3.05) is 20.2 Å². The molecule has 94 valence electrons. The third-order valence-corrected chi connectivity index (χ3v) is 2.91. The lowest BCUT2D eigenvalue weighted by atomic mass is 10.0. The number of methoxy groups -OCH3 is 1. The molecule has 1 heterocycles. The number of carbonyl (C=O) groups excluding carboxylic acids is 1. The van der Waals surface area contributed by atoms with E-state index < -0.39 is 0 Å². The van der Waals surface area contributed by atoms with Crippen LogP contribution in [0.3, 0.4) is 0 Å². The van der Waals surface area contributed by atoms with Crippen LogP contribution in [0.4, 0.5) is 0 Å². The summed E-state index contributed by atoms with van der Waals surface area (Å²) < 4.78 is 10.5. The number of morpholine rings is 1. The monoisotopic (exact) mass is 229 g/mol. The molecule has 16 heavy (non-hydrogen) atoms. The molecule has 1 aliphatic rings. The van der Waals surface area contributed by atoms with Crippen molar-refractivity contribution in [3.63, 3.8) is 0 Å². The zero-order chi connectivity index (χ0) is 12.3. The Morgan fingerprint density at radius 3 is 2.75 bits per heavy atom. The Hall–Kier alpha value is -0.610. The van der Waals surface area contributed by atoms with E-state index >= 15 is 0 Å². The van der Waals surface area contributed by atoms with Crippen molar-refractivity contribution >= 4 is 5.97 Å². The molecule has 0 amide bonds. The van der Waals surface area contributed by atoms with Gasteiger partial charge in [-0.15, -0.1) is 0 Å². The molecule has 1 rings (SSSR count). The van der Waals surface area contributed by atoms with Gasteiger partial charge in [-0.05, 0) is 27.7 Å². The second-order valence-electron chi connectivity index (χ2n) is 5.25. The minimum absolute atomic E-state index is 0.137. The molecule has 0 spiro atoms. The molecule has 1 aliphatic heterocycles. The molecular formula is C12H23NO3. The number of nitrogens with zero attached hydrogens (tertiary/aromatic N) is 1. The standard InChI is InChI=1S/C12H23NO3/c1-9(6-11(14)15-5)13-7-10(2)16-12(3,4)8-13/h9-10H,6-8H2,1-5H3. The summed E-state index contributed by atoms with van der Waals surface area (Å²) in [7, 11) is 1.43. The normalized spacial score (nSPS) is 27.4. The first-order valence-electron chi connectivity index (χ1n) is 5.83. The summed E-state index contributed by atoms with van der Waals surface area (Å²) in [5, 5.41) is 0. The van der Waals surface area contributed by atoms with Crippen LogP contribution >= 0.6 is 0 Å². The van der Waals surface area contributed by atoms with Gasteiger partial charge in [0.2, 0.25) is 0 Å². The van der Waals surface area contributed by atoms with Gasteiger partial charge in [-0.2, -0.15) is 0 Å². The van der Waals surface area contributed by atoms with Crippen LogP contribution in [-0.4, -0.2) is 48.8 Å². The maximum atomic E-state index is 11.2. The summed E-state index contributed by atoms with van der Waals surface area (Å²) in [6.07, 6.45) is 0.656. The van der Waals surface area contributed by atoms with Crippen LogP contribution in [0.1, 0.15) is 34.1 Å². The molecule has 1 saturated heterocycles. The van der Waals surface area contributed by atoms with Crippen LogP contribution < -0.4 is 0 Å². The fourth-order valence-electron chi connectivity index (χ4n) is 2.29. The van der Waals surface area contributed by atoms with Crippen LogP contribution in [0.5, 0.6) is 0 Å². The van der Waals surface area contributed by atoms with Gasteiger partial charge in [-0.1, -0.05) is 0 Å². The first kappa shape index (κ1) is 13.5. The van der Waals surface area contributed by atoms with Crippen molar-refractivity contribution in [2.24, 2.45) is 0 Å². The van der Waals surface area contributed by atoms with Crippen molar-refractivity contribution in [3.8, 4) is 0 Å². The van der Waals surface area contributed by atoms with Gasteiger partial charge >= 0.3 is 5.97 Å². The van der Waals surface area contributed by atoms with Crippen molar-refractivity contribution in [1.29, 1.82) is 0 Å². The zero-order valence-corrected chi connectivity index (χ0v) is 10.9. The van der Waals surface area contributed by atoms with Gasteiger partial charge < -0.3 is 9.47 Å². The molecule has 0 saturated carbocycles. The van der Waals surface area contributed by atoms with Gasteiger partial charge in [0, 0.05) is 19.1 Å². The summed E-state index contributed by atoms with van der Waals surface area (Å²) >= 11 is 0. The minimum Gasteiger partial charge on any atom is -0.469 e. The first-order chi connectivity index (χ1) is 7.34. The Kier molecular flexibility index (Phi) is 4.33. The molecule has 0 aromatic carbocycles.